The Labute approximate surface area is 135 Å². The molecule has 114 valence electrons. The number of H-pyrrole nitrogens is 1. The molecule has 0 fully saturated rings. The van der Waals surface area contributed by atoms with Crippen molar-refractivity contribution in [3.8, 4) is 0 Å². The third kappa shape index (κ3) is 1.58. The fourth-order valence-corrected chi connectivity index (χ4v) is 3.47. The number of aromatic amines is 1. The summed E-state index contributed by atoms with van der Waals surface area (Å²) in [4.78, 5) is 32.5. The molecule has 0 radical (unpaired) electrons. The van der Waals surface area contributed by atoms with Crippen molar-refractivity contribution in [2.24, 2.45) is 7.05 Å². The zero-order chi connectivity index (χ0) is 16.4. The van der Waals surface area contributed by atoms with Crippen LogP contribution in [0.25, 0.3) is 43.5 Å². The van der Waals surface area contributed by atoms with E-state index in [9.17, 15) is 9.59 Å². The van der Waals surface area contributed by atoms with Crippen LogP contribution >= 0.6 is 0 Å². The predicted molar refractivity (Wildman–Crippen MR) is 93.5 cm³/mol. The van der Waals surface area contributed by atoms with Gasteiger partial charge in [-0.05, 0) is 24.3 Å². The molecule has 0 spiro atoms. The van der Waals surface area contributed by atoms with Gasteiger partial charge in [-0.2, -0.15) is 0 Å². The molecule has 5 aromatic rings. The summed E-state index contributed by atoms with van der Waals surface area (Å²) in [6, 6.07) is 8.65. The number of hydrogen-bond acceptors (Lipinski definition) is 3. The van der Waals surface area contributed by atoms with Crippen LogP contribution in [0, 0.1) is 0 Å². The highest BCUT2D eigenvalue weighted by molar-refractivity contribution is 6.23. The molecular weight excluding hydrogens is 302 g/mol. The first-order chi connectivity index (χ1) is 11.6. The Morgan fingerprint density at radius 2 is 1.88 bits per heavy atom. The van der Waals surface area contributed by atoms with Crippen LogP contribution in [0.3, 0.4) is 0 Å². The van der Waals surface area contributed by atoms with Crippen LogP contribution in [-0.2, 0) is 7.05 Å². The van der Waals surface area contributed by atoms with Gasteiger partial charge in [0.2, 0.25) is 0 Å². The van der Waals surface area contributed by atoms with Gasteiger partial charge < -0.3 is 4.57 Å². The number of hydrogen-bond donors (Lipinski definition) is 0. The van der Waals surface area contributed by atoms with Crippen molar-refractivity contribution < 1.29 is 4.98 Å². The van der Waals surface area contributed by atoms with Crippen LogP contribution in [0.1, 0.15) is 0 Å². The number of nitrogens with zero attached hydrogens (tertiary/aromatic N) is 2. The molecule has 1 N–H and O–H groups in total. The number of aryl methyl sites for hydroxylation is 1. The van der Waals surface area contributed by atoms with E-state index in [1.54, 1.807) is 18.3 Å². The fourth-order valence-electron chi connectivity index (χ4n) is 3.47. The van der Waals surface area contributed by atoms with E-state index in [0.717, 1.165) is 32.6 Å². The lowest BCUT2D eigenvalue weighted by Crippen LogP contribution is -2.16. The van der Waals surface area contributed by atoms with Crippen LogP contribution in [0.15, 0.2) is 58.5 Å². The molecule has 3 aromatic heterocycles. The van der Waals surface area contributed by atoms with E-state index in [2.05, 4.69) is 4.98 Å². The molecule has 0 aliphatic heterocycles. The van der Waals surface area contributed by atoms with Gasteiger partial charge in [0, 0.05) is 41.7 Å². The van der Waals surface area contributed by atoms with Gasteiger partial charge in [-0.1, -0.05) is 0 Å². The summed E-state index contributed by atoms with van der Waals surface area (Å²) in [5.41, 5.74) is 1.93. The first-order valence-corrected chi connectivity index (χ1v) is 7.63. The number of benzene rings is 2. The second-order valence-corrected chi connectivity index (χ2v) is 6.05. The summed E-state index contributed by atoms with van der Waals surface area (Å²) in [6.45, 7) is 0. The molecule has 0 amide bonds. The van der Waals surface area contributed by atoms with E-state index in [0.29, 0.717) is 10.9 Å². The van der Waals surface area contributed by atoms with Crippen molar-refractivity contribution in [3.05, 3.63) is 69.4 Å². The van der Waals surface area contributed by atoms with Gasteiger partial charge in [0.1, 0.15) is 0 Å². The molecule has 0 saturated heterocycles. The molecule has 2 aromatic carbocycles. The standard InChI is InChI=1S/C19H11N3O2/c1-22-7-5-12-14(9-22)19(24)18-16-11(4-6-20-18)13-8-10(23)2-3-15(13)21-17(12)16/h2-9H,1H3/p+1. The number of nitrogens with one attached hydrogen (secondary N) is 1. The van der Waals surface area contributed by atoms with Crippen LogP contribution in [0.2, 0.25) is 0 Å². The van der Waals surface area contributed by atoms with Gasteiger partial charge in [0.15, 0.2) is 11.6 Å². The SMILES string of the molecule is Cn1ccc2c(c1)c(=O)c1[nH+]ccc3c4cc(=O)ccc4nc2c13. The summed E-state index contributed by atoms with van der Waals surface area (Å²) in [5, 5.41) is 3.87. The largest absolute Gasteiger partial charge is 0.356 e. The lowest BCUT2D eigenvalue weighted by molar-refractivity contribution is -0.344. The van der Waals surface area contributed by atoms with Crippen LogP contribution in [0.4, 0.5) is 0 Å². The van der Waals surface area contributed by atoms with Crippen molar-refractivity contribution in [3.63, 3.8) is 0 Å². The van der Waals surface area contributed by atoms with Gasteiger partial charge in [0.05, 0.1) is 21.8 Å². The summed E-state index contributed by atoms with van der Waals surface area (Å²) in [7, 11) is 1.89. The minimum atomic E-state index is -0.0662. The average molecular weight is 314 g/mol. The third-order valence-electron chi connectivity index (χ3n) is 4.55. The van der Waals surface area contributed by atoms with Gasteiger partial charge in [0.25, 0.3) is 10.9 Å². The summed E-state index contributed by atoms with van der Waals surface area (Å²) in [6.07, 6.45) is 5.46. The van der Waals surface area contributed by atoms with E-state index in [1.807, 2.05) is 36.1 Å². The topological polar surface area (TPSA) is 66.1 Å². The molecule has 0 atom stereocenters. The smallest absolute Gasteiger partial charge is 0.262 e. The Kier molecular flexibility index (Phi) is 2.38. The number of rotatable bonds is 0. The average Bonchev–Trinajstić information content (AvgIpc) is 2.59. The second-order valence-electron chi connectivity index (χ2n) is 6.05. The second kappa shape index (κ2) is 4.35. The Bertz CT molecular complexity index is 1400. The summed E-state index contributed by atoms with van der Waals surface area (Å²) < 4.78 is 1.85. The van der Waals surface area contributed by atoms with Crippen molar-refractivity contribution in [2.75, 3.05) is 0 Å². The molecule has 5 nitrogen and oxygen atoms in total. The van der Waals surface area contributed by atoms with E-state index in [4.69, 9.17) is 4.98 Å². The van der Waals surface area contributed by atoms with E-state index >= 15 is 0 Å². The molecular formula is C19H12N3O2+. The minimum absolute atomic E-state index is 0.0567. The Balaban J connectivity index is 2.22. The first-order valence-electron chi connectivity index (χ1n) is 7.63. The maximum atomic E-state index is 12.9. The monoisotopic (exact) mass is 314 g/mol. The Morgan fingerprint density at radius 3 is 2.75 bits per heavy atom. The highest BCUT2D eigenvalue weighted by Crippen LogP contribution is 2.31. The number of aromatic nitrogens is 3. The lowest BCUT2D eigenvalue weighted by Gasteiger charge is -2.08. The zero-order valence-electron chi connectivity index (χ0n) is 12.8. The molecule has 0 aliphatic carbocycles. The summed E-state index contributed by atoms with van der Waals surface area (Å²) in [5.74, 6) is 0. The van der Waals surface area contributed by atoms with Crippen molar-refractivity contribution >= 4 is 43.5 Å². The molecule has 5 heteroatoms. The van der Waals surface area contributed by atoms with E-state index < -0.39 is 0 Å². The molecule has 3 heterocycles. The molecule has 0 saturated carbocycles. The van der Waals surface area contributed by atoms with Crippen LogP contribution in [0.5, 0.6) is 0 Å². The van der Waals surface area contributed by atoms with Crippen molar-refractivity contribution in [1.29, 1.82) is 0 Å². The van der Waals surface area contributed by atoms with Crippen molar-refractivity contribution in [1.82, 2.24) is 9.55 Å². The van der Waals surface area contributed by atoms with Crippen molar-refractivity contribution in [2.45, 2.75) is 0 Å². The maximum Gasteiger partial charge on any atom is 0.262 e. The summed E-state index contributed by atoms with van der Waals surface area (Å²) >= 11 is 0. The predicted octanol–water partition coefficient (Wildman–Crippen LogP) is 2.01. The number of pyridine rings is 3. The highest BCUT2D eigenvalue weighted by atomic mass is 16.1. The normalized spacial score (nSPS) is 11.9. The first kappa shape index (κ1) is 13.1. The maximum absolute atomic E-state index is 12.9. The van der Waals surface area contributed by atoms with Crippen LogP contribution < -0.4 is 15.8 Å². The minimum Gasteiger partial charge on any atom is -0.356 e. The lowest BCUT2D eigenvalue weighted by atomic mass is 9.99. The molecule has 0 aliphatic rings. The molecule has 0 unspecified atom stereocenters. The van der Waals surface area contributed by atoms with Gasteiger partial charge in [-0.25, -0.2) is 9.97 Å². The quantitative estimate of drug-likeness (QED) is 0.324. The molecule has 24 heavy (non-hydrogen) atoms. The Morgan fingerprint density at radius 1 is 1.00 bits per heavy atom. The van der Waals surface area contributed by atoms with Gasteiger partial charge in [-0.15, -0.1) is 0 Å². The third-order valence-corrected chi connectivity index (χ3v) is 4.55. The van der Waals surface area contributed by atoms with E-state index in [-0.39, 0.29) is 10.9 Å². The van der Waals surface area contributed by atoms with Gasteiger partial charge >= 0.3 is 0 Å². The van der Waals surface area contributed by atoms with E-state index in [1.165, 1.54) is 6.07 Å². The van der Waals surface area contributed by atoms with Crippen LogP contribution in [-0.4, -0.2) is 9.55 Å². The fraction of sp³-hybridized carbons (Fsp3) is 0.0526. The molecule has 0 bridgehead atoms. The highest BCUT2D eigenvalue weighted by Gasteiger charge is 2.19. The molecule has 5 rings (SSSR count). The van der Waals surface area contributed by atoms with Gasteiger partial charge in [-0.3, -0.25) is 9.59 Å². The Hall–Kier alpha value is -3.34. The zero-order valence-corrected chi connectivity index (χ0v) is 12.8. The number of fused-ring (bicyclic) bond motifs is 4.